The topological polar surface area (TPSA) is 121 Å². The van der Waals surface area contributed by atoms with E-state index in [-0.39, 0.29) is 23.6 Å². The minimum atomic E-state index is -5.95. The molecule has 3 heterocycles. The number of nitrogens with zero attached hydrogens (tertiary/aromatic N) is 3. The van der Waals surface area contributed by atoms with E-state index in [2.05, 4.69) is 30.9 Å². The first-order valence-corrected chi connectivity index (χ1v) is 10.5. The lowest BCUT2D eigenvalue weighted by molar-refractivity contribution is -0.288. The van der Waals surface area contributed by atoms with Crippen molar-refractivity contribution in [3.63, 3.8) is 0 Å². The number of pyridine rings is 1. The molecule has 0 unspecified atom stereocenters. The van der Waals surface area contributed by atoms with Gasteiger partial charge in [-0.2, -0.15) is 26.3 Å². The lowest BCUT2D eigenvalue weighted by Crippen LogP contribution is -2.58. The van der Waals surface area contributed by atoms with Crippen LogP contribution in [0.25, 0.3) is 0 Å². The lowest BCUT2D eigenvalue weighted by Gasteiger charge is -2.31. The summed E-state index contributed by atoms with van der Waals surface area (Å²) in [5, 5.41) is 9.76. The molecule has 9 nitrogen and oxygen atoms in total. The number of carbonyl (C=O) groups excluding carboxylic acids is 2. The molecule has 1 aliphatic rings. The average Bonchev–Trinajstić information content (AvgIpc) is 3.15. The van der Waals surface area contributed by atoms with E-state index in [1.165, 1.54) is 24.5 Å². The van der Waals surface area contributed by atoms with Gasteiger partial charge in [0, 0.05) is 36.4 Å². The van der Waals surface area contributed by atoms with Gasteiger partial charge in [-0.1, -0.05) is 6.07 Å². The molecule has 0 atom stereocenters. The molecule has 194 valence electrons. The Labute approximate surface area is 204 Å². The van der Waals surface area contributed by atoms with Gasteiger partial charge in [-0.15, -0.1) is 0 Å². The summed E-state index contributed by atoms with van der Waals surface area (Å²) in [6.07, 6.45) is -8.95. The van der Waals surface area contributed by atoms with Crippen molar-refractivity contribution in [2.45, 2.75) is 24.3 Å². The summed E-state index contributed by atoms with van der Waals surface area (Å²) in [5.74, 6) is -2.50. The maximum Gasteiger partial charge on any atom is 0.416 e. The fourth-order valence-electron chi connectivity index (χ4n) is 3.83. The minimum Gasteiger partial charge on any atom is -0.364 e. The van der Waals surface area contributed by atoms with Gasteiger partial charge in [-0.05, 0) is 30.3 Å². The van der Waals surface area contributed by atoms with Crippen LogP contribution in [0.5, 0.6) is 0 Å². The number of alkyl halides is 6. The molecule has 15 heteroatoms. The third-order valence-electron chi connectivity index (χ3n) is 5.55. The van der Waals surface area contributed by atoms with Crippen LogP contribution in [0.3, 0.4) is 0 Å². The van der Waals surface area contributed by atoms with Crippen LogP contribution >= 0.6 is 0 Å². The second kappa shape index (κ2) is 9.22. The normalized spacial score (nSPS) is 14.5. The van der Waals surface area contributed by atoms with Crippen molar-refractivity contribution in [1.82, 2.24) is 15.0 Å². The van der Waals surface area contributed by atoms with E-state index in [1.54, 1.807) is 18.4 Å². The molecule has 4 rings (SSSR count). The highest BCUT2D eigenvalue weighted by Gasteiger charge is 2.78. The average molecular weight is 525 g/mol. The van der Waals surface area contributed by atoms with Gasteiger partial charge in [0.15, 0.2) is 0 Å². The summed E-state index contributed by atoms with van der Waals surface area (Å²) in [6, 6.07) is 6.71. The summed E-state index contributed by atoms with van der Waals surface area (Å²) in [4.78, 5) is 37.2. The number of amides is 2. The van der Waals surface area contributed by atoms with Gasteiger partial charge >= 0.3 is 12.4 Å². The van der Waals surface area contributed by atoms with E-state index >= 15 is 0 Å². The van der Waals surface area contributed by atoms with Crippen LogP contribution in [0.15, 0.2) is 48.8 Å². The van der Waals surface area contributed by atoms with E-state index in [0.29, 0.717) is 17.7 Å². The summed E-state index contributed by atoms with van der Waals surface area (Å²) in [6.45, 7) is 0.163. The van der Waals surface area contributed by atoms with E-state index < -0.39 is 40.8 Å². The first-order chi connectivity index (χ1) is 17.4. The Kier molecular flexibility index (Phi) is 6.39. The van der Waals surface area contributed by atoms with Crippen LogP contribution in [0, 0.1) is 0 Å². The number of aromatic nitrogens is 3. The second-order valence-electron chi connectivity index (χ2n) is 7.79. The standard InChI is InChI=1S/C22H17F6N7O2/c1-29-19-31-8-6-12(34-19)10-32-16-13(3-2-7-30-16)17(36)33-11-4-5-14-15(9-11)35-18(37)20(14,21(23,24)25)22(26,27)28/h2-9H,10H2,1H3,(H,30,32)(H,33,36)(H,35,37)(H,29,31,34). The van der Waals surface area contributed by atoms with E-state index in [4.69, 9.17) is 0 Å². The van der Waals surface area contributed by atoms with Gasteiger partial charge in [-0.3, -0.25) is 9.59 Å². The quantitative estimate of drug-likeness (QED) is 0.358. The highest BCUT2D eigenvalue weighted by atomic mass is 19.4. The number of fused-ring (bicyclic) bond motifs is 1. The van der Waals surface area contributed by atoms with Gasteiger partial charge in [0.25, 0.3) is 17.2 Å². The number of carbonyl (C=O) groups is 2. The zero-order valence-corrected chi connectivity index (χ0v) is 18.8. The van der Waals surface area contributed by atoms with Crippen LogP contribution in [-0.4, -0.2) is 46.2 Å². The Hall–Kier alpha value is -4.43. The molecule has 3 aromatic rings. The highest BCUT2D eigenvalue weighted by Crippen LogP contribution is 2.57. The smallest absolute Gasteiger partial charge is 0.364 e. The largest absolute Gasteiger partial charge is 0.416 e. The molecule has 0 aliphatic carbocycles. The maximum atomic E-state index is 13.6. The third kappa shape index (κ3) is 4.47. The SMILES string of the molecule is CNc1nccc(CNc2ncccc2C(=O)Nc2ccc3c(c2)NC(=O)C3(C(F)(F)F)C(F)(F)F)n1. The summed E-state index contributed by atoms with van der Waals surface area (Å²) in [7, 11) is 1.64. The van der Waals surface area contributed by atoms with Crippen LogP contribution < -0.4 is 21.3 Å². The lowest BCUT2D eigenvalue weighted by atomic mass is 9.80. The maximum absolute atomic E-state index is 13.6. The molecule has 1 aliphatic heterocycles. The van der Waals surface area contributed by atoms with E-state index in [9.17, 15) is 35.9 Å². The molecule has 4 N–H and O–H groups in total. The second-order valence-corrected chi connectivity index (χ2v) is 7.79. The molecule has 37 heavy (non-hydrogen) atoms. The zero-order valence-electron chi connectivity index (χ0n) is 18.8. The minimum absolute atomic E-state index is 0.0369. The summed E-state index contributed by atoms with van der Waals surface area (Å²) in [5.41, 5.74) is -6.27. The van der Waals surface area contributed by atoms with Gasteiger partial charge in [0.05, 0.1) is 17.8 Å². The fraction of sp³-hybridized carbons (Fsp3) is 0.227. The monoisotopic (exact) mass is 525 g/mol. The molecule has 0 saturated carbocycles. The Morgan fingerprint density at radius 3 is 2.43 bits per heavy atom. The Bertz CT molecular complexity index is 1350. The van der Waals surface area contributed by atoms with Crippen molar-refractivity contribution < 1.29 is 35.9 Å². The predicted octanol–water partition coefficient (Wildman–Crippen LogP) is 4.09. The zero-order chi connectivity index (χ0) is 27.0. The Morgan fingerprint density at radius 1 is 1.03 bits per heavy atom. The Balaban J connectivity index is 1.57. The fourth-order valence-corrected chi connectivity index (χ4v) is 3.83. The molecule has 0 spiro atoms. The van der Waals surface area contributed by atoms with Crippen molar-refractivity contribution in [3.05, 3.63) is 65.6 Å². The number of rotatable bonds is 6. The molecular weight excluding hydrogens is 508 g/mol. The summed E-state index contributed by atoms with van der Waals surface area (Å²) >= 11 is 0. The van der Waals surface area contributed by atoms with Gasteiger partial charge in [0.1, 0.15) is 5.82 Å². The van der Waals surface area contributed by atoms with Crippen LogP contribution in [0.1, 0.15) is 21.6 Å². The molecule has 0 radical (unpaired) electrons. The first-order valence-electron chi connectivity index (χ1n) is 10.5. The van der Waals surface area contributed by atoms with Crippen molar-refractivity contribution in [2.24, 2.45) is 0 Å². The molecule has 0 bridgehead atoms. The number of halogens is 6. The third-order valence-corrected chi connectivity index (χ3v) is 5.55. The van der Waals surface area contributed by atoms with Gasteiger partial charge in [-0.25, -0.2) is 15.0 Å². The molecule has 0 fully saturated rings. The predicted molar refractivity (Wildman–Crippen MR) is 120 cm³/mol. The highest BCUT2D eigenvalue weighted by molar-refractivity contribution is 6.10. The molecular formula is C22H17F6N7O2. The van der Waals surface area contributed by atoms with Crippen molar-refractivity contribution in [3.8, 4) is 0 Å². The Morgan fingerprint density at radius 2 is 1.76 bits per heavy atom. The summed E-state index contributed by atoms with van der Waals surface area (Å²) < 4.78 is 81.5. The van der Waals surface area contributed by atoms with E-state index in [1.807, 2.05) is 0 Å². The first kappa shape index (κ1) is 25.7. The molecule has 0 saturated heterocycles. The van der Waals surface area contributed by atoms with Gasteiger partial charge in [0.2, 0.25) is 5.95 Å². The van der Waals surface area contributed by atoms with Crippen molar-refractivity contribution in [2.75, 3.05) is 28.3 Å². The van der Waals surface area contributed by atoms with Crippen molar-refractivity contribution in [1.29, 1.82) is 0 Å². The van der Waals surface area contributed by atoms with Crippen LogP contribution in [0.2, 0.25) is 0 Å². The number of benzene rings is 1. The molecule has 1 aromatic carbocycles. The number of hydrogen-bond donors (Lipinski definition) is 4. The number of anilines is 4. The van der Waals surface area contributed by atoms with Crippen molar-refractivity contribution >= 4 is 35.0 Å². The van der Waals surface area contributed by atoms with E-state index in [0.717, 1.165) is 12.1 Å². The number of hydrogen-bond acceptors (Lipinski definition) is 7. The molecule has 2 aromatic heterocycles. The number of nitrogens with one attached hydrogen (secondary N) is 4. The van der Waals surface area contributed by atoms with Gasteiger partial charge < -0.3 is 21.3 Å². The van der Waals surface area contributed by atoms with Crippen LogP contribution in [0.4, 0.5) is 49.5 Å². The van der Waals surface area contributed by atoms with Crippen LogP contribution in [-0.2, 0) is 16.8 Å². The molecule has 2 amide bonds.